The molecule has 0 atom stereocenters. The fourth-order valence-electron chi connectivity index (χ4n) is 2.90. The molecule has 0 bridgehead atoms. The van der Waals surface area contributed by atoms with Crippen molar-refractivity contribution in [3.8, 4) is 11.4 Å². The molecule has 1 aromatic heterocycles. The number of benzene rings is 1. The van der Waals surface area contributed by atoms with Crippen molar-refractivity contribution in [1.29, 1.82) is 0 Å². The molecule has 1 aliphatic rings. The Kier molecular flexibility index (Phi) is 4.85. The van der Waals surface area contributed by atoms with Crippen LogP contribution < -0.4 is 10.6 Å². The summed E-state index contributed by atoms with van der Waals surface area (Å²) >= 11 is 0. The van der Waals surface area contributed by atoms with Crippen LogP contribution in [0.4, 0.5) is 5.69 Å². The second kappa shape index (κ2) is 7.22. The van der Waals surface area contributed by atoms with Crippen LogP contribution in [0.5, 0.6) is 0 Å². The summed E-state index contributed by atoms with van der Waals surface area (Å²) in [5.41, 5.74) is 1.80. The van der Waals surface area contributed by atoms with E-state index in [0.29, 0.717) is 12.3 Å². The number of nitrogens with one attached hydrogen (secondary N) is 3. The van der Waals surface area contributed by atoms with Crippen LogP contribution in [-0.4, -0.2) is 29.0 Å². The lowest BCUT2D eigenvalue weighted by atomic mass is 9.93. The highest BCUT2D eigenvalue weighted by molar-refractivity contribution is 5.91. The molecule has 1 aliphatic heterocycles. The molecule has 0 aliphatic carbocycles. The zero-order valence-electron chi connectivity index (χ0n) is 12.6. The van der Waals surface area contributed by atoms with Crippen molar-refractivity contribution in [3.63, 3.8) is 0 Å². The van der Waals surface area contributed by atoms with Crippen molar-refractivity contribution in [2.45, 2.75) is 25.7 Å². The average Bonchev–Trinajstić information content (AvgIpc) is 3.09. The number of hydrogen-bond donors (Lipinski definition) is 3. The van der Waals surface area contributed by atoms with Crippen molar-refractivity contribution >= 4 is 11.6 Å². The van der Waals surface area contributed by atoms with E-state index in [2.05, 4.69) is 20.6 Å². The molecule has 1 saturated heterocycles. The number of rotatable bonds is 5. The molecule has 0 radical (unpaired) electrons. The van der Waals surface area contributed by atoms with Gasteiger partial charge in [-0.3, -0.25) is 4.79 Å². The van der Waals surface area contributed by atoms with E-state index in [4.69, 9.17) is 0 Å². The lowest BCUT2D eigenvalue weighted by Gasteiger charge is -2.22. The number of H-pyrrole nitrogens is 1. The molecule has 0 spiro atoms. The molecule has 2 heterocycles. The number of aromatic nitrogens is 2. The number of amides is 1. The number of anilines is 1. The van der Waals surface area contributed by atoms with Gasteiger partial charge in [0.15, 0.2) is 0 Å². The molecule has 116 valence electrons. The minimum Gasteiger partial charge on any atom is -0.345 e. The lowest BCUT2D eigenvalue weighted by molar-refractivity contribution is -0.116. The quantitative estimate of drug-likeness (QED) is 0.795. The summed E-state index contributed by atoms with van der Waals surface area (Å²) < 4.78 is 0. The molecule has 22 heavy (non-hydrogen) atoms. The first kappa shape index (κ1) is 14.8. The fourth-order valence-corrected chi connectivity index (χ4v) is 2.90. The van der Waals surface area contributed by atoms with Crippen LogP contribution in [0.1, 0.15) is 25.7 Å². The first-order chi connectivity index (χ1) is 10.8. The van der Waals surface area contributed by atoms with Crippen molar-refractivity contribution in [2.24, 2.45) is 5.92 Å². The third-order valence-electron chi connectivity index (χ3n) is 4.16. The number of carbonyl (C=O) groups is 1. The van der Waals surface area contributed by atoms with E-state index in [0.717, 1.165) is 36.6 Å². The SMILES string of the molecule is O=C(CCC1CCNCC1)Nc1cccc(-c2ncc[nH]2)c1. The maximum Gasteiger partial charge on any atom is 0.224 e. The first-order valence-corrected chi connectivity index (χ1v) is 7.91. The Balaban J connectivity index is 1.54. The van der Waals surface area contributed by atoms with E-state index in [-0.39, 0.29) is 5.91 Å². The van der Waals surface area contributed by atoms with Crippen molar-refractivity contribution in [1.82, 2.24) is 15.3 Å². The summed E-state index contributed by atoms with van der Waals surface area (Å²) in [5, 5.41) is 6.34. The summed E-state index contributed by atoms with van der Waals surface area (Å²) in [7, 11) is 0. The molecule has 3 N–H and O–H groups in total. The Morgan fingerprint density at radius 3 is 2.95 bits per heavy atom. The van der Waals surface area contributed by atoms with Crippen LogP contribution >= 0.6 is 0 Å². The van der Waals surface area contributed by atoms with Gasteiger partial charge in [0, 0.05) is 30.1 Å². The van der Waals surface area contributed by atoms with Crippen LogP contribution in [-0.2, 0) is 4.79 Å². The van der Waals surface area contributed by atoms with Gasteiger partial charge in [-0.2, -0.15) is 0 Å². The van der Waals surface area contributed by atoms with Crippen molar-refractivity contribution in [2.75, 3.05) is 18.4 Å². The summed E-state index contributed by atoms with van der Waals surface area (Å²) in [6.07, 6.45) is 7.45. The molecule has 5 nitrogen and oxygen atoms in total. The van der Waals surface area contributed by atoms with Crippen LogP contribution in [0, 0.1) is 5.92 Å². The summed E-state index contributed by atoms with van der Waals surface area (Å²) in [4.78, 5) is 19.4. The third kappa shape index (κ3) is 3.95. The second-order valence-corrected chi connectivity index (χ2v) is 5.80. The van der Waals surface area contributed by atoms with Crippen LogP contribution in [0.3, 0.4) is 0 Å². The highest BCUT2D eigenvalue weighted by atomic mass is 16.1. The predicted octanol–water partition coefficient (Wildman–Crippen LogP) is 2.80. The minimum atomic E-state index is 0.0927. The Bertz CT molecular complexity index is 603. The molecular formula is C17H22N4O. The van der Waals surface area contributed by atoms with Gasteiger partial charge in [-0.15, -0.1) is 0 Å². The van der Waals surface area contributed by atoms with Gasteiger partial charge in [0.05, 0.1) is 0 Å². The molecule has 0 saturated carbocycles. The van der Waals surface area contributed by atoms with Gasteiger partial charge in [0.2, 0.25) is 5.91 Å². The molecule has 5 heteroatoms. The van der Waals surface area contributed by atoms with E-state index >= 15 is 0 Å². The highest BCUT2D eigenvalue weighted by Crippen LogP contribution is 2.21. The Hall–Kier alpha value is -2.14. The molecule has 1 amide bonds. The van der Waals surface area contributed by atoms with Crippen molar-refractivity contribution in [3.05, 3.63) is 36.7 Å². The largest absolute Gasteiger partial charge is 0.345 e. The van der Waals surface area contributed by atoms with E-state index in [1.165, 1.54) is 12.8 Å². The Labute approximate surface area is 130 Å². The summed E-state index contributed by atoms with van der Waals surface area (Å²) in [5.74, 6) is 1.59. The smallest absolute Gasteiger partial charge is 0.224 e. The first-order valence-electron chi connectivity index (χ1n) is 7.91. The van der Waals surface area contributed by atoms with Crippen LogP contribution in [0.15, 0.2) is 36.7 Å². The summed E-state index contributed by atoms with van der Waals surface area (Å²) in [6, 6.07) is 7.76. The van der Waals surface area contributed by atoms with Gasteiger partial charge in [0.1, 0.15) is 5.82 Å². The molecule has 3 rings (SSSR count). The van der Waals surface area contributed by atoms with Crippen LogP contribution in [0.2, 0.25) is 0 Å². The van der Waals surface area contributed by atoms with Gasteiger partial charge in [-0.1, -0.05) is 12.1 Å². The number of piperidine rings is 1. The predicted molar refractivity (Wildman–Crippen MR) is 87.5 cm³/mol. The summed E-state index contributed by atoms with van der Waals surface area (Å²) in [6.45, 7) is 2.16. The van der Waals surface area contributed by atoms with E-state index in [1.54, 1.807) is 12.4 Å². The second-order valence-electron chi connectivity index (χ2n) is 5.80. The minimum absolute atomic E-state index is 0.0927. The Morgan fingerprint density at radius 1 is 1.32 bits per heavy atom. The zero-order chi connectivity index (χ0) is 15.2. The van der Waals surface area contributed by atoms with Gasteiger partial charge in [-0.25, -0.2) is 4.98 Å². The van der Waals surface area contributed by atoms with Gasteiger partial charge < -0.3 is 15.6 Å². The monoisotopic (exact) mass is 298 g/mol. The topological polar surface area (TPSA) is 69.8 Å². The van der Waals surface area contributed by atoms with Gasteiger partial charge in [0.25, 0.3) is 0 Å². The van der Waals surface area contributed by atoms with E-state index < -0.39 is 0 Å². The average molecular weight is 298 g/mol. The molecule has 0 unspecified atom stereocenters. The van der Waals surface area contributed by atoms with Gasteiger partial charge >= 0.3 is 0 Å². The maximum atomic E-state index is 12.1. The number of carbonyl (C=O) groups excluding carboxylic acids is 1. The molecular weight excluding hydrogens is 276 g/mol. The number of aromatic amines is 1. The number of imidazole rings is 1. The Morgan fingerprint density at radius 2 is 2.18 bits per heavy atom. The van der Waals surface area contributed by atoms with Crippen molar-refractivity contribution < 1.29 is 4.79 Å². The molecule has 2 aromatic rings. The van der Waals surface area contributed by atoms with Gasteiger partial charge in [-0.05, 0) is 50.4 Å². The van der Waals surface area contributed by atoms with Crippen LogP contribution in [0.25, 0.3) is 11.4 Å². The van der Waals surface area contributed by atoms with E-state index in [9.17, 15) is 4.79 Å². The zero-order valence-corrected chi connectivity index (χ0v) is 12.6. The van der Waals surface area contributed by atoms with E-state index in [1.807, 2.05) is 24.3 Å². The molecule has 1 fully saturated rings. The molecule has 1 aromatic carbocycles. The normalized spacial score (nSPS) is 15.6. The standard InChI is InChI=1S/C17H22N4O/c22-16(5-4-13-6-8-18-9-7-13)21-15-3-1-2-14(12-15)17-19-10-11-20-17/h1-3,10-13,18H,4-9H2,(H,19,20)(H,21,22). The number of hydrogen-bond acceptors (Lipinski definition) is 3. The third-order valence-corrected chi connectivity index (χ3v) is 4.16. The lowest BCUT2D eigenvalue weighted by Crippen LogP contribution is -2.28. The highest BCUT2D eigenvalue weighted by Gasteiger charge is 2.14. The maximum absolute atomic E-state index is 12.1. The fraction of sp³-hybridized carbons (Fsp3) is 0.412. The number of nitrogens with zero attached hydrogens (tertiary/aromatic N) is 1.